The minimum atomic E-state index is -3.52. The van der Waals surface area contributed by atoms with Crippen molar-refractivity contribution in [2.24, 2.45) is 0 Å². The quantitative estimate of drug-likeness (QED) is 0.217. The van der Waals surface area contributed by atoms with Gasteiger partial charge in [0.15, 0.2) is 21.0 Å². The van der Waals surface area contributed by atoms with Crippen molar-refractivity contribution >= 4 is 49.9 Å². The molecule has 6 rings (SSSR count). The minimum Gasteiger partial charge on any atom is -0.451 e. The van der Waals surface area contributed by atoms with E-state index in [1.54, 1.807) is 0 Å². The predicted molar refractivity (Wildman–Crippen MR) is 187 cm³/mol. The molecule has 48 heavy (non-hydrogen) atoms. The summed E-state index contributed by atoms with van der Waals surface area (Å²) < 4.78 is 29.7. The molecule has 3 aromatic carbocycles. The molecule has 0 aliphatic carbocycles. The molecule has 2 aliphatic heterocycles. The van der Waals surface area contributed by atoms with Crippen LogP contribution in [0.3, 0.4) is 0 Å². The number of rotatable bonds is 9. The third-order valence-corrected chi connectivity index (χ3v) is 10.4. The van der Waals surface area contributed by atoms with Crippen molar-refractivity contribution in [3.63, 3.8) is 0 Å². The van der Waals surface area contributed by atoms with Crippen molar-refractivity contribution in [1.82, 2.24) is 10.2 Å². The first-order chi connectivity index (χ1) is 23.0. The van der Waals surface area contributed by atoms with Gasteiger partial charge in [0.25, 0.3) is 5.91 Å². The Morgan fingerprint density at radius 3 is 2.44 bits per heavy atom. The molecular formula is C37H38ClN3O6S. The fraction of sp³-hybridized carbons (Fsp3) is 0.324. The van der Waals surface area contributed by atoms with E-state index in [1.165, 1.54) is 23.8 Å². The first-order valence-electron chi connectivity index (χ1n) is 16.2. The lowest BCUT2D eigenvalue weighted by molar-refractivity contribution is -0.133. The number of hydrogen-bond acceptors (Lipinski definition) is 7. The molecule has 11 heteroatoms. The number of fused-ring (bicyclic) bond motifs is 1. The number of carbonyl (C=O) groups is 2. The average molecular weight is 688 g/mol. The van der Waals surface area contributed by atoms with Gasteiger partial charge in [-0.25, -0.2) is 8.42 Å². The highest BCUT2D eigenvalue weighted by atomic mass is 35.5. The van der Waals surface area contributed by atoms with Crippen LogP contribution in [-0.2, 0) is 27.6 Å². The lowest BCUT2D eigenvalue weighted by Gasteiger charge is -2.34. The molecule has 2 saturated heterocycles. The summed E-state index contributed by atoms with van der Waals surface area (Å²) in [5, 5.41) is 3.75. The van der Waals surface area contributed by atoms with E-state index >= 15 is 0 Å². The lowest BCUT2D eigenvalue weighted by Crippen LogP contribution is -2.37. The Hall–Kier alpha value is -4.41. The normalized spacial score (nSPS) is 16.2. The fourth-order valence-electron chi connectivity index (χ4n) is 6.42. The molecule has 1 N–H and O–H groups in total. The number of para-hydroxylation sites is 1. The standard InChI is InChI=1S/C37H38ClN3O6S/c1-48(45,46)30-13-14-34-31(22-30)33(42)23-35(47-34)37(44)39-29(20-25-9-11-28(38)12-10-25)21-26-15-18-40(19-16-26)32-7-3-2-6-27(32)24-41-17-5-4-8-36(41)43/h2-3,6-7,9-14,21-23,29H,4-5,8,15-20,24H2,1H3,(H,39,44)/t29-/m0/s1. The van der Waals surface area contributed by atoms with E-state index < -0.39 is 27.2 Å². The molecular weight excluding hydrogens is 650 g/mol. The van der Waals surface area contributed by atoms with Gasteiger partial charge < -0.3 is 19.5 Å². The molecule has 4 aromatic rings. The Balaban J connectivity index is 1.19. The number of sulfone groups is 1. The summed E-state index contributed by atoms with van der Waals surface area (Å²) in [6, 6.07) is 20.5. The van der Waals surface area contributed by atoms with Gasteiger partial charge >= 0.3 is 0 Å². The van der Waals surface area contributed by atoms with Crippen molar-refractivity contribution in [2.45, 2.75) is 56.0 Å². The molecule has 250 valence electrons. The molecule has 1 atom stereocenters. The zero-order valence-corrected chi connectivity index (χ0v) is 28.4. The summed E-state index contributed by atoms with van der Waals surface area (Å²) in [6.45, 7) is 3.02. The second kappa shape index (κ2) is 14.4. The van der Waals surface area contributed by atoms with E-state index in [9.17, 15) is 22.8 Å². The third-order valence-electron chi connectivity index (χ3n) is 8.99. The van der Waals surface area contributed by atoms with Gasteiger partial charge in [-0.05, 0) is 79.6 Å². The van der Waals surface area contributed by atoms with E-state index in [4.69, 9.17) is 16.0 Å². The summed E-state index contributed by atoms with van der Waals surface area (Å²) in [6.07, 6.45) is 7.89. The Morgan fingerprint density at radius 2 is 1.71 bits per heavy atom. The number of hydrogen-bond donors (Lipinski definition) is 1. The van der Waals surface area contributed by atoms with E-state index in [1.807, 2.05) is 41.3 Å². The predicted octanol–water partition coefficient (Wildman–Crippen LogP) is 5.93. The highest BCUT2D eigenvalue weighted by Gasteiger charge is 2.23. The van der Waals surface area contributed by atoms with Crippen molar-refractivity contribution in [3.05, 3.63) is 117 Å². The number of nitrogens with zero attached hydrogens (tertiary/aromatic N) is 2. The van der Waals surface area contributed by atoms with Crippen molar-refractivity contribution in [3.8, 4) is 0 Å². The highest BCUT2D eigenvalue weighted by molar-refractivity contribution is 7.90. The summed E-state index contributed by atoms with van der Waals surface area (Å²) in [7, 11) is -3.52. The number of anilines is 1. The van der Waals surface area contributed by atoms with Crippen LogP contribution in [-0.4, -0.2) is 57.1 Å². The Morgan fingerprint density at radius 1 is 0.958 bits per heavy atom. The summed E-state index contributed by atoms with van der Waals surface area (Å²) in [4.78, 5) is 43.2. The van der Waals surface area contributed by atoms with Crippen LogP contribution in [0.5, 0.6) is 0 Å². The average Bonchev–Trinajstić information content (AvgIpc) is 3.07. The molecule has 0 spiro atoms. The van der Waals surface area contributed by atoms with Crippen molar-refractivity contribution in [1.29, 1.82) is 0 Å². The number of nitrogens with one attached hydrogen (secondary N) is 1. The van der Waals surface area contributed by atoms with Crippen LogP contribution in [0.4, 0.5) is 5.69 Å². The van der Waals surface area contributed by atoms with Crippen LogP contribution >= 0.6 is 11.6 Å². The Bertz CT molecular complexity index is 2030. The first kappa shape index (κ1) is 33.5. The SMILES string of the molecule is CS(=O)(=O)c1ccc2oc(C(=O)N[C@H](C=C3CCN(c4ccccc4CN4CCCCC4=O)CC3)Cc3ccc(Cl)cc3)cc(=O)c2c1. The van der Waals surface area contributed by atoms with Gasteiger partial charge in [-0.15, -0.1) is 0 Å². The zero-order chi connectivity index (χ0) is 33.8. The Labute approximate surface area is 285 Å². The number of piperidine rings is 2. The topological polar surface area (TPSA) is 117 Å². The zero-order valence-electron chi connectivity index (χ0n) is 26.8. The molecule has 2 aliphatic rings. The smallest absolute Gasteiger partial charge is 0.287 e. The molecule has 1 aromatic heterocycles. The highest BCUT2D eigenvalue weighted by Crippen LogP contribution is 2.29. The molecule has 0 bridgehead atoms. The second-order valence-electron chi connectivity index (χ2n) is 12.5. The fourth-order valence-corrected chi connectivity index (χ4v) is 7.19. The number of amides is 2. The number of halogens is 1. The third kappa shape index (κ3) is 7.99. The summed E-state index contributed by atoms with van der Waals surface area (Å²) in [5.41, 5.74) is 4.12. The number of carbonyl (C=O) groups excluding carboxylic acids is 2. The van der Waals surface area contributed by atoms with Gasteiger partial charge in [0.2, 0.25) is 5.91 Å². The molecule has 2 amide bonds. The lowest BCUT2D eigenvalue weighted by atomic mass is 9.97. The first-order valence-corrected chi connectivity index (χ1v) is 18.4. The maximum Gasteiger partial charge on any atom is 0.287 e. The van der Waals surface area contributed by atoms with Crippen LogP contribution in [0.1, 0.15) is 53.8 Å². The second-order valence-corrected chi connectivity index (χ2v) is 15.0. The van der Waals surface area contributed by atoms with Crippen LogP contribution in [0.2, 0.25) is 5.02 Å². The van der Waals surface area contributed by atoms with E-state index in [2.05, 4.69) is 28.4 Å². The van der Waals surface area contributed by atoms with Gasteiger partial charge in [-0.3, -0.25) is 14.4 Å². The maximum atomic E-state index is 13.5. The Kier molecular flexibility index (Phi) is 10.0. The number of benzene rings is 3. The van der Waals surface area contributed by atoms with Crippen molar-refractivity contribution < 1.29 is 22.4 Å². The largest absolute Gasteiger partial charge is 0.451 e. The van der Waals surface area contributed by atoms with Gasteiger partial charge in [-0.1, -0.05) is 53.6 Å². The van der Waals surface area contributed by atoms with Crippen LogP contribution in [0.15, 0.2) is 98.6 Å². The van der Waals surface area contributed by atoms with Gasteiger partial charge in [0, 0.05) is 55.6 Å². The maximum absolute atomic E-state index is 13.5. The van der Waals surface area contributed by atoms with Crippen molar-refractivity contribution in [2.75, 3.05) is 30.8 Å². The molecule has 0 radical (unpaired) electrons. The van der Waals surface area contributed by atoms with Gasteiger partial charge in [-0.2, -0.15) is 0 Å². The summed E-state index contributed by atoms with van der Waals surface area (Å²) in [5.74, 6) is -0.480. The molecule has 3 heterocycles. The van der Waals surface area contributed by atoms with Crippen LogP contribution < -0.4 is 15.6 Å². The monoisotopic (exact) mass is 687 g/mol. The van der Waals surface area contributed by atoms with E-state index in [0.717, 1.165) is 74.5 Å². The van der Waals surface area contributed by atoms with Crippen LogP contribution in [0, 0.1) is 0 Å². The van der Waals surface area contributed by atoms with E-state index in [-0.39, 0.29) is 27.5 Å². The molecule has 2 fully saturated rings. The van der Waals surface area contributed by atoms with Crippen LogP contribution in [0.25, 0.3) is 11.0 Å². The molecule has 9 nitrogen and oxygen atoms in total. The minimum absolute atomic E-state index is 0.000733. The van der Waals surface area contributed by atoms with Gasteiger partial charge in [0.1, 0.15) is 5.58 Å². The van der Waals surface area contributed by atoms with Gasteiger partial charge in [0.05, 0.1) is 16.3 Å². The molecule has 0 saturated carbocycles. The van der Waals surface area contributed by atoms with E-state index in [0.29, 0.717) is 24.4 Å². The number of likely N-dealkylation sites (tertiary alicyclic amines) is 1. The summed E-state index contributed by atoms with van der Waals surface area (Å²) >= 11 is 6.12. The molecule has 0 unspecified atom stereocenters.